The minimum atomic E-state index is -2.68. The molecule has 0 aliphatic heterocycles. The third-order valence-corrected chi connectivity index (χ3v) is 7.86. The molecular weight excluding hydrogens is 508 g/mol. The number of carboxylic acids is 1. The molecule has 2 atom stereocenters. The Balaban J connectivity index is 1.68. The van der Waals surface area contributed by atoms with Gasteiger partial charge in [-0.3, -0.25) is 14.3 Å². The second kappa shape index (κ2) is 12.8. The SMILES string of the molecule is CC(C)c1nc2c(c(-c3ccc(F)cc3)c1COCO[PH](=O)C[C@@H](O)CC(=O)O)CCCc1ccccc1-2. The number of nitrogens with zero attached hydrogens (tertiary/aromatic N) is 1. The van der Waals surface area contributed by atoms with Gasteiger partial charge >= 0.3 is 5.97 Å². The van der Waals surface area contributed by atoms with E-state index in [0.717, 1.165) is 58.5 Å². The summed E-state index contributed by atoms with van der Waals surface area (Å²) < 4.78 is 37.1. The number of hydrogen-bond acceptors (Lipinski definition) is 6. The highest BCUT2D eigenvalue weighted by Crippen LogP contribution is 2.41. The zero-order valence-electron chi connectivity index (χ0n) is 21.6. The lowest BCUT2D eigenvalue weighted by molar-refractivity contribution is -0.138. The Kier molecular flexibility index (Phi) is 9.44. The van der Waals surface area contributed by atoms with Crippen molar-refractivity contribution >= 4 is 14.0 Å². The maximum absolute atomic E-state index is 13.9. The normalized spacial score (nSPS) is 14.4. The Labute approximate surface area is 222 Å². The molecule has 1 aliphatic carbocycles. The van der Waals surface area contributed by atoms with Gasteiger partial charge < -0.3 is 19.5 Å². The van der Waals surface area contributed by atoms with Crippen LogP contribution in [0.1, 0.15) is 55.0 Å². The fourth-order valence-electron chi connectivity index (χ4n) is 4.94. The zero-order valence-corrected chi connectivity index (χ0v) is 22.6. The molecule has 0 bridgehead atoms. The van der Waals surface area contributed by atoms with Crippen LogP contribution in [0.15, 0.2) is 48.5 Å². The standard InChI is InChI=1S/C29H33FNO6P/c1-18(2)28-25(15-36-17-37-38(35)16-22(32)14-26(33)34)27(20-10-12-21(30)13-11-20)24-9-5-7-19-6-3-4-8-23(19)29(24)31-28/h3-4,6,8,10-13,18,22,32,38H,5,7,9,14-17H2,1-2H3,(H,33,34)/t22-/m0/s1. The largest absolute Gasteiger partial charge is 0.481 e. The van der Waals surface area contributed by atoms with Crippen LogP contribution in [0.25, 0.3) is 22.4 Å². The minimum Gasteiger partial charge on any atom is -0.481 e. The van der Waals surface area contributed by atoms with Crippen LogP contribution in [-0.4, -0.2) is 40.2 Å². The van der Waals surface area contributed by atoms with Crippen LogP contribution in [-0.2, 0) is 38.1 Å². The summed E-state index contributed by atoms with van der Waals surface area (Å²) in [5.41, 5.74) is 7.99. The van der Waals surface area contributed by atoms with Gasteiger partial charge in [0.2, 0.25) is 0 Å². The van der Waals surface area contributed by atoms with E-state index in [0.29, 0.717) is 0 Å². The van der Waals surface area contributed by atoms with E-state index in [1.807, 2.05) is 12.1 Å². The van der Waals surface area contributed by atoms with Crippen LogP contribution in [0.2, 0.25) is 0 Å². The van der Waals surface area contributed by atoms with E-state index in [2.05, 4.69) is 26.0 Å². The van der Waals surface area contributed by atoms with E-state index in [-0.39, 0.29) is 31.3 Å². The van der Waals surface area contributed by atoms with Gasteiger partial charge in [0.15, 0.2) is 14.8 Å². The number of aliphatic carboxylic acids is 1. The molecular formula is C29H33FNO6P. The monoisotopic (exact) mass is 541 g/mol. The number of carbonyl (C=O) groups is 1. The van der Waals surface area contributed by atoms with Crippen LogP contribution >= 0.6 is 8.03 Å². The maximum atomic E-state index is 13.9. The molecule has 3 aromatic rings. The molecule has 7 nitrogen and oxygen atoms in total. The average molecular weight is 542 g/mol. The quantitative estimate of drug-likeness (QED) is 0.175. The van der Waals surface area contributed by atoms with E-state index in [9.17, 15) is 18.9 Å². The number of ether oxygens (including phenoxy) is 1. The maximum Gasteiger partial charge on any atom is 0.305 e. The molecule has 0 saturated carbocycles. The Bertz CT molecular complexity index is 1310. The summed E-state index contributed by atoms with van der Waals surface area (Å²) >= 11 is 0. The molecule has 1 aliphatic rings. The van der Waals surface area contributed by atoms with Crippen molar-refractivity contribution in [2.75, 3.05) is 13.0 Å². The highest BCUT2D eigenvalue weighted by atomic mass is 31.1. The molecule has 0 amide bonds. The summed E-state index contributed by atoms with van der Waals surface area (Å²) in [6.07, 6.45) is 0.703. The van der Waals surface area contributed by atoms with Crippen LogP contribution in [0.3, 0.4) is 0 Å². The predicted octanol–water partition coefficient (Wildman–Crippen LogP) is 5.97. The number of rotatable bonds is 11. The van der Waals surface area contributed by atoms with Gasteiger partial charge in [-0.1, -0.05) is 50.2 Å². The fraction of sp³-hybridized carbons (Fsp3) is 0.379. The van der Waals surface area contributed by atoms with Gasteiger partial charge in [0.25, 0.3) is 0 Å². The Morgan fingerprint density at radius 1 is 1.13 bits per heavy atom. The fourth-order valence-corrected chi connectivity index (χ4v) is 5.80. The summed E-state index contributed by atoms with van der Waals surface area (Å²) in [7, 11) is -2.68. The molecule has 1 unspecified atom stereocenters. The first-order chi connectivity index (χ1) is 18.2. The molecule has 0 fully saturated rings. The number of aliphatic hydroxyl groups is 1. The molecule has 9 heteroatoms. The number of aryl methyl sites for hydroxylation is 1. The van der Waals surface area contributed by atoms with E-state index in [1.54, 1.807) is 12.1 Å². The first kappa shape index (κ1) is 28.1. The lowest BCUT2D eigenvalue weighted by Crippen LogP contribution is -2.16. The van der Waals surface area contributed by atoms with Gasteiger partial charge in [0.1, 0.15) is 5.82 Å². The first-order valence-corrected chi connectivity index (χ1v) is 14.3. The molecule has 4 rings (SSSR count). The molecule has 2 aromatic carbocycles. The number of benzene rings is 2. The topological polar surface area (TPSA) is 106 Å². The predicted molar refractivity (Wildman–Crippen MR) is 144 cm³/mol. The minimum absolute atomic E-state index is 0.0692. The number of aliphatic hydroxyl groups excluding tert-OH is 1. The summed E-state index contributed by atoms with van der Waals surface area (Å²) in [5, 5.41) is 18.5. The number of aromatic nitrogens is 1. The van der Waals surface area contributed by atoms with Crippen molar-refractivity contribution in [3.8, 4) is 22.4 Å². The second-order valence-corrected chi connectivity index (χ2v) is 11.2. The van der Waals surface area contributed by atoms with Gasteiger partial charge in [-0.25, -0.2) is 4.39 Å². The van der Waals surface area contributed by atoms with E-state index >= 15 is 0 Å². The number of carboxylic acid groups (broad SMARTS) is 1. The lowest BCUT2D eigenvalue weighted by atomic mass is 9.87. The van der Waals surface area contributed by atoms with Crippen LogP contribution < -0.4 is 0 Å². The molecule has 1 aromatic heterocycles. The van der Waals surface area contributed by atoms with Crippen molar-refractivity contribution in [1.82, 2.24) is 4.98 Å². The third-order valence-electron chi connectivity index (χ3n) is 6.62. The number of hydrogen-bond donors (Lipinski definition) is 2. The molecule has 0 saturated heterocycles. The summed E-state index contributed by atoms with van der Waals surface area (Å²) in [6.45, 7) is 3.98. The number of halogens is 1. The van der Waals surface area contributed by atoms with Gasteiger partial charge in [0.05, 0.1) is 24.8 Å². The molecule has 0 spiro atoms. The van der Waals surface area contributed by atoms with Crippen molar-refractivity contribution in [3.05, 3.63) is 76.7 Å². The van der Waals surface area contributed by atoms with Crippen molar-refractivity contribution in [2.45, 2.75) is 58.2 Å². The van der Waals surface area contributed by atoms with E-state index in [1.165, 1.54) is 17.7 Å². The number of pyridine rings is 1. The highest BCUT2D eigenvalue weighted by molar-refractivity contribution is 7.39. The van der Waals surface area contributed by atoms with Crippen molar-refractivity contribution in [3.63, 3.8) is 0 Å². The molecule has 38 heavy (non-hydrogen) atoms. The highest BCUT2D eigenvalue weighted by Gasteiger charge is 2.26. The third kappa shape index (κ3) is 6.75. The van der Waals surface area contributed by atoms with E-state index < -0.39 is 26.5 Å². The van der Waals surface area contributed by atoms with Crippen LogP contribution in [0.4, 0.5) is 4.39 Å². The lowest BCUT2D eigenvalue weighted by Gasteiger charge is -2.23. The average Bonchev–Trinajstić information content (AvgIpc) is 3.05. The van der Waals surface area contributed by atoms with Crippen molar-refractivity contribution < 1.29 is 33.2 Å². The van der Waals surface area contributed by atoms with Gasteiger partial charge in [-0.15, -0.1) is 0 Å². The first-order valence-electron chi connectivity index (χ1n) is 12.8. The van der Waals surface area contributed by atoms with Gasteiger partial charge in [-0.05, 0) is 59.6 Å². The summed E-state index contributed by atoms with van der Waals surface area (Å²) in [4.78, 5) is 15.9. The van der Waals surface area contributed by atoms with Gasteiger partial charge in [-0.2, -0.15) is 0 Å². The number of fused-ring (bicyclic) bond motifs is 3. The summed E-state index contributed by atoms with van der Waals surface area (Å²) in [5.74, 6) is -1.42. The second-order valence-electron chi connectivity index (χ2n) is 9.79. The van der Waals surface area contributed by atoms with Crippen LogP contribution in [0.5, 0.6) is 0 Å². The smallest absolute Gasteiger partial charge is 0.305 e. The van der Waals surface area contributed by atoms with E-state index in [4.69, 9.17) is 19.4 Å². The Morgan fingerprint density at radius 3 is 2.58 bits per heavy atom. The summed E-state index contributed by atoms with van der Waals surface area (Å²) in [6, 6.07) is 14.8. The van der Waals surface area contributed by atoms with Crippen LogP contribution in [0, 0.1) is 5.82 Å². The molecule has 0 radical (unpaired) electrons. The molecule has 2 N–H and O–H groups in total. The Hall–Kier alpha value is -2.90. The van der Waals surface area contributed by atoms with Crippen molar-refractivity contribution in [1.29, 1.82) is 0 Å². The Morgan fingerprint density at radius 2 is 1.87 bits per heavy atom. The molecule has 1 heterocycles. The zero-order chi connectivity index (χ0) is 27.2. The van der Waals surface area contributed by atoms with Crippen molar-refractivity contribution in [2.24, 2.45) is 0 Å². The van der Waals surface area contributed by atoms with Gasteiger partial charge in [0, 0.05) is 23.0 Å². The molecule has 202 valence electrons.